The second-order valence-electron chi connectivity index (χ2n) is 6.75. The quantitative estimate of drug-likeness (QED) is 0.565. The molecule has 0 saturated heterocycles. The van der Waals surface area contributed by atoms with Crippen molar-refractivity contribution >= 4 is 35.0 Å². The van der Waals surface area contributed by atoms with Gasteiger partial charge in [0, 0.05) is 27.9 Å². The van der Waals surface area contributed by atoms with Crippen LogP contribution in [0.1, 0.15) is 15.9 Å². The van der Waals surface area contributed by atoms with Crippen molar-refractivity contribution in [2.24, 2.45) is 0 Å². The largest absolute Gasteiger partial charge is 0.454 e. The Morgan fingerprint density at radius 1 is 0.867 bits per heavy atom. The second-order valence-corrected chi connectivity index (χ2v) is 7.80. The van der Waals surface area contributed by atoms with Crippen LogP contribution in [0.2, 0.25) is 0 Å². The minimum absolute atomic E-state index is 0.115. The number of rotatable bonds is 6. The minimum Gasteiger partial charge on any atom is -0.454 e. The van der Waals surface area contributed by atoms with Gasteiger partial charge < -0.3 is 20.1 Å². The molecular formula is C23H20N2O4S. The van der Waals surface area contributed by atoms with E-state index in [1.807, 2.05) is 43.3 Å². The molecule has 0 radical (unpaired) electrons. The van der Waals surface area contributed by atoms with Crippen LogP contribution < -0.4 is 20.1 Å². The van der Waals surface area contributed by atoms with E-state index < -0.39 is 0 Å². The smallest absolute Gasteiger partial charge is 0.255 e. The maximum atomic E-state index is 12.3. The lowest BCUT2D eigenvalue weighted by molar-refractivity contribution is -0.113. The fourth-order valence-corrected chi connectivity index (χ4v) is 3.56. The van der Waals surface area contributed by atoms with Gasteiger partial charge in [-0.05, 0) is 55.5 Å². The average Bonchev–Trinajstić information content (AvgIpc) is 3.21. The number of ether oxygens (including phenoxy) is 2. The SMILES string of the molecule is Cc1ccc(C(=O)Nc2ccc(SCC(=O)Nc3ccc4c(c3)OCO4)cc2)cc1. The summed E-state index contributed by atoms with van der Waals surface area (Å²) in [4.78, 5) is 25.4. The predicted octanol–water partition coefficient (Wildman–Crippen LogP) is 4.71. The van der Waals surface area contributed by atoms with E-state index in [2.05, 4.69) is 10.6 Å². The number of fused-ring (bicyclic) bond motifs is 1. The Morgan fingerprint density at radius 2 is 1.57 bits per heavy atom. The summed E-state index contributed by atoms with van der Waals surface area (Å²) in [6, 6.07) is 20.1. The van der Waals surface area contributed by atoms with E-state index in [4.69, 9.17) is 9.47 Å². The summed E-state index contributed by atoms with van der Waals surface area (Å²) in [7, 11) is 0. The molecule has 1 aliphatic heterocycles. The lowest BCUT2D eigenvalue weighted by Crippen LogP contribution is -2.14. The first-order valence-electron chi connectivity index (χ1n) is 9.37. The molecule has 1 aliphatic rings. The van der Waals surface area contributed by atoms with Crippen LogP contribution >= 0.6 is 11.8 Å². The third-order valence-electron chi connectivity index (χ3n) is 4.45. The van der Waals surface area contributed by atoms with Gasteiger partial charge in [-0.3, -0.25) is 9.59 Å². The highest BCUT2D eigenvalue weighted by molar-refractivity contribution is 8.00. The van der Waals surface area contributed by atoms with Gasteiger partial charge in [0.25, 0.3) is 5.91 Å². The molecule has 0 spiro atoms. The van der Waals surface area contributed by atoms with Crippen molar-refractivity contribution in [3.05, 3.63) is 77.9 Å². The summed E-state index contributed by atoms with van der Waals surface area (Å²) in [6.07, 6.45) is 0. The van der Waals surface area contributed by atoms with Gasteiger partial charge in [-0.1, -0.05) is 17.7 Å². The van der Waals surface area contributed by atoms with E-state index in [1.165, 1.54) is 11.8 Å². The normalized spacial score (nSPS) is 11.8. The fourth-order valence-electron chi connectivity index (χ4n) is 2.86. The standard InChI is InChI=1S/C23H20N2O4S/c1-15-2-4-16(5-3-15)23(27)25-17-6-9-19(10-7-17)30-13-22(26)24-18-8-11-20-21(12-18)29-14-28-20/h2-12H,13-14H2,1H3,(H,24,26)(H,25,27). The zero-order valence-electron chi connectivity index (χ0n) is 16.3. The van der Waals surface area contributed by atoms with Gasteiger partial charge in [0.05, 0.1) is 5.75 Å². The van der Waals surface area contributed by atoms with Crippen molar-refractivity contribution in [1.29, 1.82) is 0 Å². The topological polar surface area (TPSA) is 76.7 Å². The van der Waals surface area contributed by atoms with E-state index >= 15 is 0 Å². The first kappa shape index (κ1) is 19.8. The van der Waals surface area contributed by atoms with E-state index in [9.17, 15) is 9.59 Å². The number of carbonyl (C=O) groups excluding carboxylic acids is 2. The summed E-state index contributed by atoms with van der Waals surface area (Å²) >= 11 is 1.42. The number of thioether (sulfide) groups is 1. The van der Waals surface area contributed by atoms with Gasteiger partial charge in [0.15, 0.2) is 11.5 Å². The maximum absolute atomic E-state index is 12.3. The Labute approximate surface area is 178 Å². The van der Waals surface area contributed by atoms with Crippen LogP contribution in [0, 0.1) is 6.92 Å². The molecule has 4 rings (SSSR count). The highest BCUT2D eigenvalue weighted by atomic mass is 32.2. The summed E-state index contributed by atoms with van der Waals surface area (Å²) < 4.78 is 10.6. The van der Waals surface area contributed by atoms with Crippen molar-refractivity contribution in [2.75, 3.05) is 23.2 Å². The van der Waals surface area contributed by atoms with Gasteiger partial charge in [-0.25, -0.2) is 0 Å². The number of anilines is 2. The third kappa shape index (κ3) is 4.93. The summed E-state index contributed by atoms with van der Waals surface area (Å²) in [5.41, 5.74) is 3.09. The highest BCUT2D eigenvalue weighted by Gasteiger charge is 2.14. The minimum atomic E-state index is -0.154. The van der Waals surface area contributed by atoms with Crippen molar-refractivity contribution in [3.63, 3.8) is 0 Å². The Kier molecular flexibility index (Phi) is 5.90. The second kappa shape index (κ2) is 8.92. The Bertz CT molecular complexity index is 1070. The average molecular weight is 420 g/mol. The Morgan fingerprint density at radius 3 is 2.33 bits per heavy atom. The summed E-state index contributed by atoms with van der Waals surface area (Å²) in [5, 5.41) is 5.72. The number of carbonyl (C=O) groups is 2. The van der Waals surface area contributed by atoms with Crippen molar-refractivity contribution in [2.45, 2.75) is 11.8 Å². The molecule has 0 unspecified atom stereocenters. The number of nitrogens with one attached hydrogen (secondary N) is 2. The van der Waals surface area contributed by atoms with Gasteiger partial charge >= 0.3 is 0 Å². The molecule has 0 saturated carbocycles. The molecule has 0 aliphatic carbocycles. The molecule has 0 bridgehead atoms. The molecule has 0 atom stereocenters. The zero-order valence-corrected chi connectivity index (χ0v) is 17.1. The zero-order chi connectivity index (χ0) is 20.9. The van der Waals surface area contributed by atoms with E-state index in [0.717, 1.165) is 10.5 Å². The summed E-state index contributed by atoms with van der Waals surface area (Å²) in [6.45, 7) is 2.18. The van der Waals surface area contributed by atoms with Crippen LogP contribution in [0.15, 0.2) is 71.6 Å². The van der Waals surface area contributed by atoms with Crippen molar-refractivity contribution < 1.29 is 19.1 Å². The maximum Gasteiger partial charge on any atom is 0.255 e. The molecule has 0 fully saturated rings. The number of hydrogen-bond donors (Lipinski definition) is 2. The first-order chi connectivity index (χ1) is 14.6. The van der Waals surface area contributed by atoms with Crippen LogP contribution in [-0.2, 0) is 4.79 Å². The molecule has 3 aromatic rings. The van der Waals surface area contributed by atoms with Crippen molar-refractivity contribution in [1.82, 2.24) is 0 Å². The van der Waals surface area contributed by atoms with E-state index in [-0.39, 0.29) is 24.4 Å². The van der Waals surface area contributed by atoms with Gasteiger partial charge in [0.2, 0.25) is 12.7 Å². The number of aryl methyl sites for hydroxylation is 1. The third-order valence-corrected chi connectivity index (χ3v) is 5.46. The lowest BCUT2D eigenvalue weighted by atomic mass is 10.1. The molecule has 2 N–H and O–H groups in total. The number of amides is 2. The molecule has 1 heterocycles. The fraction of sp³-hybridized carbons (Fsp3) is 0.130. The molecular weight excluding hydrogens is 400 g/mol. The Hall–Kier alpha value is -3.45. The monoisotopic (exact) mass is 420 g/mol. The molecule has 2 amide bonds. The molecule has 30 heavy (non-hydrogen) atoms. The van der Waals surface area contributed by atoms with E-state index in [0.29, 0.717) is 28.4 Å². The van der Waals surface area contributed by atoms with Gasteiger partial charge in [0.1, 0.15) is 0 Å². The molecule has 0 aromatic heterocycles. The predicted molar refractivity (Wildman–Crippen MR) is 117 cm³/mol. The molecule has 7 heteroatoms. The van der Waals surface area contributed by atoms with Crippen LogP contribution in [0.5, 0.6) is 11.5 Å². The van der Waals surface area contributed by atoms with Crippen LogP contribution in [0.4, 0.5) is 11.4 Å². The van der Waals surface area contributed by atoms with Crippen LogP contribution in [0.3, 0.4) is 0 Å². The summed E-state index contributed by atoms with van der Waals surface area (Å²) in [5.74, 6) is 1.30. The molecule has 152 valence electrons. The van der Waals surface area contributed by atoms with Gasteiger partial charge in [-0.15, -0.1) is 11.8 Å². The number of hydrogen-bond acceptors (Lipinski definition) is 5. The number of benzene rings is 3. The Balaban J connectivity index is 1.27. The van der Waals surface area contributed by atoms with Crippen molar-refractivity contribution in [3.8, 4) is 11.5 Å². The highest BCUT2D eigenvalue weighted by Crippen LogP contribution is 2.34. The molecule has 3 aromatic carbocycles. The van der Waals surface area contributed by atoms with Crippen LogP contribution in [-0.4, -0.2) is 24.4 Å². The van der Waals surface area contributed by atoms with E-state index in [1.54, 1.807) is 30.3 Å². The lowest BCUT2D eigenvalue weighted by Gasteiger charge is -2.08. The first-order valence-corrected chi connectivity index (χ1v) is 10.4. The van der Waals surface area contributed by atoms with Gasteiger partial charge in [-0.2, -0.15) is 0 Å². The van der Waals surface area contributed by atoms with Crippen LogP contribution in [0.25, 0.3) is 0 Å². The molecule has 6 nitrogen and oxygen atoms in total.